The number of fused-ring (bicyclic) bond motifs is 3. The van der Waals surface area contributed by atoms with Crippen molar-refractivity contribution in [2.45, 2.75) is 70.6 Å². The molecule has 0 N–H and O–H groups in total. The van der Waals surface area contributed by atoms with Gasteiger partial charge in [-0.3, -0.25) is 0 Å². The molecule has 1 aliphatic rings. The Morgan fingerprint density at radius 1 is 0.650 bits per heavy atom. The van der Waals surface area contributed by atoms with Crippen LogP contribution in [0.15, 0.2) is 65.1 Å². The van der Waals surface area contributed by atoms with E-state index in [1.54, 1.807) is 12.1 Å². The zero-order valence-corrected chi connectivity index (χ0v) is 22.8. The molecule has 1 heterocycles. The summed E-state index contributed by atoms with van der Waals surface area (Å²) in [5.41, 5.74) is 4.47. The molecule has 0 radical (unpaired) electrons. The van der Waals surface area contributed by atoms with E-state index < -0.39 is 23.3 Å². The smallest absolute Gasteiger partial charge is 0.171 e. The summed E-state index contributed by atoms with van der Waals surface area (Å²) in [6.45, 7) is 4.17. The molecule has 6 rings (SSSR count). The van der Waals surface area contributed by atoms with E-state index in [9.17, 15) is 0 Å². The predicted molar refractivity (Wildman–Crippen MR) is 153 cm³/mol. The van der Waals surface area contributed by atoms with Crippen molar-refractivity contribution < 1.29 is 22.0 Å². The van der Waals surface area contributed by atoms with Gasteiger partial charge in [-0.05, 0) is 90.3 Å². The van der Waals surface area contributed by atoms with Crippen LogP contribution in [0.3, 0.4) is 0 Å². The summed E-state index contributed by atoms with van der Waals surface area (Å²) in [5.74, 6) is -4.31. The molecule has 5 aromatic rings. The highest BCUT2D eigenvalue weighted by molar-refractivity contribution is 6.07. The maximum Gasteiger partial charge on any atom is 0.171 e. The average Bonchev–Trinajstić information content (AvgIpc) is 3.36. The monoisotopic (exact) mass is 544 g/mol. The molecule has 0 atom stereocenters. The van der Waals surface area contributed by atoms with Gasteiger partial charge < -0.3 is 4.42 Å². The Kier molecular flexibility index (Phi) is 7.16. The Balaban J connectivity index is 1.32. The summed E-state index contributed by atoms with van der Waals surface area (Å²) >= 11 is 0. The normalized spacial score (nSPS) is 17.6. The first kappa shape index (κ1) is 26.6. The van der Waals surface area contributed by atoms with Gasteiger partial charge in [-0.1, -0.05) is 68.8 Å². The Morgan fingerprint density at radius 3 is 1.85 bits per heavy atom. The number of hydrogen-bond acceptors (Lipinski definition) is 1. The number of furan rings is 1. The highest BCUT2D eigenvalue weighted by atomic mass is 19.2. The van der Waals surface area contributed by atoms with E-state index in [0.29, 0.717) is 24.3 Å². The third-order valence-corrected chi connectivity index (χ3v) is 8.67. The molecule has 0 unspecified atom stereocenters. The van der Waals surface area contributed by atoms with Crippen LogP contribution in [-0.2, 0) is 12.8 Å². The van der Waals surface area contributed by atoms with Gasteiger partial charge in [0.15, 0.2) is 23.3 Å². The Hall–Kier alpha value is -3.60. The van der Waals surface area contributed by atoms with Gasteiger partial charge in [0.25, 0.3) is 0 Å². The lowest BCUT2D eigenvalue weighted by atomic mass is 9.76. The molecule has 206 valence electrons. The SMILES string of the molecule is CCCc1ccc(C2CCC(c3cc4oc5cc(-c6ccc(CC)cc6)c(F)c(F)c5c4c(F)c3F)CC2)cc1. The van der Waals surface area contributed by atoms with Gasteiger partial charge in [-0.2, -0.15) is 0 Å². The van der Waals surface area contributed by atoms with Crippen molar-refractivity contribution in [3.8, 4) is 11.1 Å². The summed E-state index contributed by atoms with van der Waals surface area (Å²) in [6.07, 6.45) is 6.16. The van der Waals surface area contributed by atoms with E-state index in [2.05, 4.69) is 31.2 Å². The highest BCUT2D eigenvalue weighted by Gasteiger charge is 2.30. The molecule has 0 amide bonds. The standard InChI is InChI=1S/C35H32F4O/c1-3-5-21-8-10-22(11-9-21)23-14-16-25(17-15-23)27-19-29-31(35(39)33(27)37)30-28(40-29)18-26(32(36)34(30)38)24-12-6-20(4-2)7-13-24/h6-13,18-19,23,25H,3-5,14-17H2,1-2H3. The van der Waals surface area contributed by atoms with Gasteiger partial charge in [-0.15, -0.1) is 0 Å². The van der Waals surface area contributed by atoms with E-state index in [1.807, 2.05) is 19.1 Å². The maximum absolute atomic E-state index is 15.5. The molecule has 0 aliphatic heterocycles. The first-order chi connectivity index (χ1) is 19.4. The number of rotatable bonds is 6. The molecule has 40 heavy (non-hydrogen) atoms. The van der Waals surface area contributed by atoms with Crippen molar-refractivity contribution >= 4 is 21.9 Å². The Labute approximate surface area is 231 Å². The molecule has 1 aromatic heterocycles. The lowest BCUT2D eigenvalue weighted by molar-refractivity contribution is 0.382. The first-order valence-corrected chi connectivity index (χ1v) is 14.3. The second-order valence-electron chi connectivity index (χ2n) is 11.1. The summed E-state index contributed by atoms with van der Waals surface area (Å²) in [4.78, 5) is 0. The molecular formula is C35H32F4O. The first-order valence-electron chi connectivity index (χ1n) is 14.3. The van der Waals surface area contributed by atoms with Crippen LogP contribution >= 0.6 is 0 Å². The van der Waals surface area contributed by atoms with Gasteiger partial charge in [0.05, 0.1) is 10.8 Å². The van der Waals surface area contributed by atoms with Crippen LogP contribution in [0.1, 0.15) is 80.0 Å². The molecule has 1 saturated carbocycles. The molecule has 4 aromatic carbocycles. The summed E-state index contributed by atoms with van der Waals surface area (Å²) in [6, 6.07) is 18.8. The van der Waals surface area contributed by atoms with Crippen LogP contribution in [0.5, 0.6) is 0 Å². The van der Waals surface area contributed by atoms with Crippen molar-refractivity contribution in [1.82, 2.24) is 0 Å². The number of halogens is 4. The fourth-order valence-corrected chi connectivity index (χ4v) is 6.38. The lowest BCUT2D eigenvalue weighted by Crippen LogP contribution is -2.14. The third-order valence-electron chi connectivity index (χ3n) is 8.67. The molecule has 0 bridgehead atoms. The van der Waals surface area contributed by atoms with E-state index in [0.717, 1.165) is 37.7 Å². The Morgan fingerprint density at radius 2 is 1.23 bits per heavy atom. The van der Waals surface area contributed by atoms with Crippen molar-refractivity contribution in [3.05, 3.63) is 106 Å². The van der Waals surface area contributed by atoms with E-state index >= 15 is 17.6 Å². The van der Waals surface area contributed by atoms with Crippen molar-refractivity contribution in [1.29, 1.82) is 0 Å². The van der Waals surface area contributed by atoms with E-state index in [4.69, 9.17) is 4.42 Å². The lowest BCUT2D eigenvalue weighted by Gasteiger charge is -2.29. The molecular weight excluding hydrogens is 512 g/mol. The van der Waals surface area contributed by atoms with Gasteiger partial charge in [0.1, 0.15) is 11.2 Å². The fourth-order valence-electron chi connectivity index (χ4n) is 6.38. The topological polar surface area (TPSA) is 13.1 Å². The van der Waals surface area contributed by atoms with Crippen LogP contribution in [0.4, 0.5) is 17.6 Å². The second kappa shape index (κ2) is 10.8. The van der Waals surface area contributed by atoms with Gasteiger partial charge in [-0.25, -0.2) is 17.6 Å². The van der Waals surface area contributed by atoms with Crippen LogP contribution in [-0.4, -0.2) is 0 Å². The molecule has 1 aliphatic carbocycles. The molecule has 1 fully saturated rings. The third kappa shape index (κ3) is 4.59. The second-order valence-corrected chi connectivity index (χ2v) is 11.1. The van der Waals surface area contributed by atoms with Gasteiger partial charge in [0.2, 0.25) is 0 Å². The summed E-state index contributed by atoms with van der Waals surface area (Å²) < 4.78 is 67.4. The molecule has 1 nitrogen and oxygen atoms in total. The molecule has 0 spiro atoms. The van der Waals surface area contributed by atoms with E-state index in [1.165, 1.54) is 23.3 Å². The van der Waals surface area contributed by atoms with Gasteiger partial charge in [0, 0.05) is 5.56 Å². The summed E-state index contributed by atoms with van der Waals surface area (Å²) in [7, 11) is 0. The van der Waals surface area contributed by atoms with Crippen molar-refractivity contribution in [2.75, 3.05) is 0 Å². The Bertz CT molecular complexity index is 1670. The largest absolute Gasteiger partial charge is 0.456 e. The van der Waals surface area contributed by atoms with E-state index in [-0.39, 0.29) is 39.0 Å². The van der Waals surface area contributed by atoms with Crippen LogP contribution < -0.4 is 0 Å². The van der Waals surface area contributed by atoms with Gasteiger partial charge >= 0.3 is 0 Å². The minimum absolute atomic E-state index is 0.00542. The fraction of sp³-hybridized carbons (Fsp3) is 0.314. The number of benzene rings is 4. The minimum atomic E-state index is -1.23. The van der Waals surface area contributed by atoms with Crippen LogP contribution in [0.2, 0.25) is 0 Å². The highest BCUT2D eigenvalue weighted by Crippen LogP contribution is 2.45. The molecule has 0 saturated heterocycles. The zero-order chi connectivity index (χ0) is 28.0. The average molecular weight is 545 g/mol. The molecule has 5 heteroatoms. The van der Waals surface area contributed by atoms with Crippen molar-refractivity contribution in [3.63, 3.8) is 0 Å². The van der Waals surface area contributed by atoms with Crippen LogP contribution in [0, 0.1) is 23.3 Å². The number of aryl methyl sites for hydroxylation is 2. The quantitative estimate of drug-likeness (QED) is 0.194. The predicted octanol–water partition coefficient (Wildman–Crippen LogP) is 10.8. The summed E-state index contributed by atoms with van der Waals surface area (Å²) in [5, 5.41) is -0.707. The zero-order valence-electron chi connectivity index (χ0n) is 22.8. The van der Waals surface area contributed by atoms with Crippen LogP contribution in [0.25, 0.3) is 33.1 Å². The maximum atomic E-state index is 15.5. The minimum Gasteiger partial charge on any atom is -0.456 e. The van der Waals surface area contributed by atoms with Crippen molar-refractivity contribution in [2.24, 2.45) is 0 Å². The number of hydrogen-bond donors (Lipinski definition) is 0.